The standard InChI is InChI=1S/C20H22N2/c1-13(2)14-8-9-19-18(11-14)16-6-3-7-17(16)20(22-19)15-5-4-10-21-12-15/h3-6,8-13,16-17,20,22H,7H2,1-2H3. The van der Waals surface area contributed by atoms with Crippen LogP contribution in [0.15, 0.2) is 54.9 Å². The minimum Gasteiger partial charge on any atom is -0.378 e. The van der Waals surface area contributed by atoms with Crippen LogP contribution in [0.4, 0.5) is 5.69 Å². The maximum Gasteiger partial charge on any atom is 0.0569 e. The zero-order chi connectivity index (χ0) is 15.1. The molecular weight excluding hydrogens is 268 g/mol. The van der Waals surface area contributed by atoms with E-state index in [1.54, 1.807) is 0 Å². The Hall–Kier alpha value is -2.09. The number of rotatable bonds is 2. The normalized spacial score (nSPS) is 25.7. The Bertz CT molecular complexity index is 703. The zero-order valence-electron chi connectivity index (χ0n) is 13.2. The van der Waals surface area contributed by atoms with Crippen molar-refractivity contribution in [3.63, 3.8) is 0 Å². The molecule has 1 aliphatic carbocycles. The van der Waals surface area contributed by atoms with Gasteiger partial charge in [-0.25, -0.2) is 0 Å². The van der Waals surface area contributed by atoms with Crippen molar-refractivity contribution < 1.29 is 0 Å². The topological polar surface area (TPSA) is 24.9 Å². The Morgan fingerprint density at radius 3 is 2.91 bits per heavy atom. The Morgan fingerprint density at radius 1 is 1.23 bits per heavy atom. The second-order valence-corrected chi connectivity index (χ2v) is 6.76. The van der Waals surface area contributed by atoms with Crippen LogP contribution in [0, 0.1) is 5.92 Å². The van der Waals surface area contributed by atoms with E-state index in [0.717, 1.165) is 6.42 Å². The Balaban J connectivity index is 1.77. The molecule has 1 aromatic heterocycles. The molecule has 0 bridgehead atoms. The van der Waals surface area contributed by atoms with Crippen LogP contribution in [0.1, 0.15) is 54.8 Å². The molecule has 3 atom stereocenters. The minimum atomic E-state index is 0.353. The van der Waals surface area contributed by atoms with Gasteiger partial charge in [-0.05, 0) is 47.1 Å². The second kappa shape index (κ2) is 5.28. The molecule has 1 N–H and O–H groups in total. The van der Waals surface area contributed by atoms with Gasteiger partial charge in [0.15, 0.2) is 0 Å². The molecule has 0 radical (unpaired) electrons. The third-order valence-electron chi connectivity index (χ3n) is 5.10. The number of fused-ring (bicyclic) bond motifs is 3. The smallest absolute Gasteiger partial charge is 0.0569 e. The lowest BCUT2D eigenvalue weighted by molar-refractivity contribution is 0.424. The van der Waals surface area contributed by atoms with Crippen LogP contribution < -0.4 is 5.32 Å². The van der Waals surface area contributed by atoms with Gasteiger partial charge in [-0.2, -0.15) is 0 Å². The molecule has 2 aliphatic rings. The van der Waals surface area contributed by atoms with Crippen molar-refractivity contribution in [3.05, 3.63) is 71.6 Å². The summed E-state index contributed by atoms with van der Waals surface area (Å²) in [6.45, 7) is 4.52. The van der Waals surface area contributed by atoms with Crippen molar-refractivity contribution in [2.75, 3.05) is 5.32 Å². The second-order valence-electron chi connectivity index (χ2n) is 6.76. The summed E-state index contributed by atoms with van der Waals surface area (Å²) in [7, 11) is 0. The zero-order valence-corrected chi connectivity index (χ0v) is 13.2. The van der Waals surface area contributed by atoms with Gasteiger partial charge < -0.3 is 5.32 Å². The fourth-order valence-electron chi connectivity index (χ4n) is 3.86. The summed E-state index contributed by atoms with van der Waals surface area (Å²) in [5.74, 6) is 1.70. The van der Waals surface area contributed by atoms with E-state index in [0.29, 0.717) is 23.8 Å². The fraction of sp³-hybridized carbons (Fsp3) is 0.350. The number of benzene rings is 1. The summed E-state index contributed by atoms with van der Waals surface area (Å²) >= 11 is 0. The maximum atomic E-state index is 4.31. The van der Waals surface area contributed by atoms with Crippen molar-refractivity contribution in [1.82, 2.24) is 4.98 Å². The van der Waals surface area contributed by atoms with Gasteiger partial charge in [0.05, 0.1) is 6.04 Å². The summed E-state index contributed by atoms with van der Waals surface area (Å²) in [4.78, 5) is 4.31. The molecule has 0 amide bonds. The predicted molar refractivity (Wildman–Crippen MR) is 91.1 cm³/mol. The highest BCUT2D eigenvalue weighted by atomic mass is 15.0. The monoisotopic (exact) mass is 290 g/mol. The molecule has 1 aliphatic heterocycles. The van der Waals surface area contributed by atoms with E-state index in [-0.39, 0.29) is 0 Å². The summed E-state index contributed by atoms with van der Waals surface area (Å²) in [5, 5.41) is 3.77. The van der Waals surface area contributed by atoms with E-state index in [2.05, 4.69) is 60.6 Å². The van der Waals surface area contributed by atoms with Crippen molar-refractivity contribution in [2.45, 2.75) is 38.1 Å². The van der Waals surface area contributed by atoms with Gasteiger partial charge in [-0.3, -0.25) is 4.98 Å². The molecule has 112 valence electrons. The number of aromatic nitrogens is 1. The summed E-state index contributed by atoms with van der Waals surface area (Å²) in [6, 6.07) is 11.5. The number of hydrogen-bond acceptors (Lipinski definition) is 2. The van der Waals surface area contributed by atoms with Crippen LogP contribution in [0.25, 0.3) is 0 Å². The average Bonchev–Trinajstić information content (AvgIpc) is 3.04. The van der Waals surface area contributed by atoms with Gasteiger partial charge in [0.2, 0.25) is 0 Å². The average molecular weight is 290 g/mol. The molecule has 3 unspecified atom stereocenters. The maximum absolute atomic E-state index is 4.31. The van der Waals surface area contributed by atoms with Crippen molar-refractivity contribution in [3.8, 4) is 0 Å². The molecule has 0 spiro atoms. The van der Waals surface area contributed by atoms with Gasteiger partial charge in [-0.1, -0.05) is 44.2 Å². The van der Waals surface area contributed by atoms with E-state index >= 15 is 0 Å². The summed E-state index contributed by atoms with van der Waals surface area (Å²) in [5.41, 5.74) is 5.47. The lowest BCUT2D eigenvalue weighted by atomic mass is 9.76. The summed E-state index contributed by atoms with van der Waals surface area (Å²) in [6.07, 6.45) is 9.73. The lowest BCUT2D eigenvalue weighted by Crippen LogP contribution is -2.29. The first-order chi connectivity index (χ1) is 10.7. The molecule has 0 fully saturated rings. The van der Waals surface area contributed by atoms with Gasteiger partial charge in [0.1, 0.15) is 0 Å². The van der Waals surface area contributed by atoms with Crippen LogP contribution in [0.2, 0.25) is 0 Å². The molecule has 0 saturated heterocycles. The number of nitrogens with one attached hydrogen (secondary N) is 1. The van der Waals surface area contributed by atoms with Gasteiger partial charge in [-0.15, -0.1) is 0 Å². The number of hydrogen-bond donors (Lipinski definition) is 1. The molecule has 22 heavy (non-hydrogen) atoms. The van der Waals surface area contributed by atoms with Crippen molar-refractivity contribution in [2.24, 2.45) is 5.92 Å². The Morgan fingerprint density at radius 2 is 2.14 bits per heavy atom. The third kappa shape index (κ3) is 2.14. The van der Waals surface area contributed by atoms with Gasteiger partial charge >= 0.3 is 0 Å². The highest BCUT2D eigenvalue weighted by Crippen LogP contribution is 2.50. The molecule has 4 rings (SSSR count). The van der Waals surface area contributed by atoms with Crippen LogP contribution in [0.5, 0.6) is 0 Å². The van der Waals surface area contributed by atoms with E-state index in [1.165, 1.54) is 22.4 Å². The third-order valence-corrected chi connectivity index (χ3v) is 5.10. The molecule has 2 heterocycles. The van der Waals surface area contributed by atoms with E-state index < -0.39 is 0 Å². The molecular formula is C20H22N2. The predicted octanol–water partition coefficient (Wildman–Crippen LogP) is 5.03. The highest BCUT2D eigenvalue weighted by molar-refractivity contribution is 5.60. The first kappa shape index (κ1) is 13.6. The minimum absolute atomic E-state index is 0.353. The Labute approximate surface area is 132 Å². The van der Waals surface area contributed by atoms with Crippen molar-refractivity contribution >= 4 is 5.69 Å². The van der Waals surface area contributed by atoms with E-state index in [4.69, 9.17) is 0 Å². The van der Waals surface area contributed by atoms with Gasteiger partial charge in [0.25, 0.3) is 0 Å². The fourth-order valence-corrected chi connectivity index (χ4v) is 3.86. The number of allylic oxidation sites excluding steroid dienone is 2. The SMILES string of the molecule is CC(C)c1ccc2c(c1)C1C=CCC1C(c1cccnc1)N2. The van der Waals surface area contributed by atoms with Crippen LogP contribution >= 0.6 is 0 Å². The molecule has 1 aromatic carbocycles. The highest BCUT2D eigenvalue weighted by Gasteiger charge is 2.37. The van der Waals surface area contributed by atoms with Crippen molar-refractivity contribution in [1.29, 1.82) is 0 Å². The van der Waals surface area contributed by atoms with Crippen LogP contribution in [-0.2, 0) is 0 Å². The lowest BCUT2D eigenvalue weighted by Gasteiger charge is -2.37. The number of pyridine rings is 1. The molecule has 2 heteroatoms. The summed E-state index contributed by atoms with van der Waals surface area (Å²) < 4.78 is 0. The quantitative estimate of drug-likeness (QED) is 0.784. The first-order valence-electron chi connectivity index (χ1n) is 8.21. The van der Waals surface area contributed by atoms with Crippen LogP contribution in [-0.4, -0.2) is 4.98 Å². The molecule has 0 saturated carbocycles. The first-order valence-corrected chi connectivity index (χ1v) is 8.21. The van der Waals surface area contributed by atoms with E-state index in [1.807, 2.05) is 18.5 Å². The molecule has 2 nitrogen and oxygen atoms in total. The van der Waals surface area contributed by atoms with Gasteiger partial charge in [0, 0.05) is 24.0 Å². The van der Waals surface area contributed by atoms with Crippen LogP contribution in [0.3, 0.4) is 0 Å². The molecule has 2 aromatic rings. The van der Waals surface area contributed by atoms with E-state index in [9.17, 15) is 0 Å². The Kier molecular flexibility index (Phi) is 3.25. The number of anilines is 1. The largest absolute Gasteiger partial charge is 0.378 e. The number of nitrogens with zero attached hydrogens (tertiary/aromatic N) is 1.